The molecule has 5 aromatic heterocycles. The minimum atomic E-state index is 0.942. The van der Waals surface area contributed by atoms with E-state index in [4.69, 9.17) is 8.83 Å². The quantitative estimate of drug-likeness (QED) is 0.172. The Morgan fingerprint density at radius 3 is 0.775 bits per heavy atom. The zero-order valence-electron chi connectivity index (χ0n) is 50.7. The average Bonchev–Trinajstić information content (AvgIpc) is 4.29. The smallest absolute Gasteiger partial charge is 0.134 e. The first-order valence-corrected chi connectivity index (χ1v) is 29.1. The summed E-state index contributed by atoms with van der Waals surface area (Å²) in [5.41, 5.74) is 10.5. The van der Waals surface area contributed by atoms with Gasteiger partial charge in [0.1, 0.15) is 23.0 Å². The first-order chi connectivity index (χ1) is 34.2. The van der Waals surface area contributed by atoms with Crippen molar-refractivity contribution in [3.05, 3.63) is 197 Å². The molecular weight excluding hydrogens is 921 g/mol. The maximum atomic E-state index is 5.51. The van der Waals surface area contributed by atoms with Crippen LogP contribution in [0.1, 0.15) is 176 Å². The zero-order valence-corrected chi connectivity index (χ0v) is 53.2. The van der Waals surface area contributed by atoms with Gasteiger partial charge in [0.2, 0.25) is 0 Å². The third kappa shape index (κ3) is 41.6. The summed E-state index contributed by atoms with van der Waals surface area (Å²) in [6.07, 6.45) is 0. The van der Waals surface area contributed by atoms with Crippen LogP contribution < -0.4 is 0 Å². The Morgan fingerprint density at radius 2 is 0.549 bits per heavy atom. The molecule has 3 aromatic carbocycles. The van der Waals surface area contributed by atoms with Gasteiger partial charge in [-0.25, -0.2) is 0 Å². The van der Waals surface area contributed by atoms with Crippen molar-refractivity contribution in [2.24, 2.45) is 0 Å². The summed E-state index contributed by atoms with van der Waals surface area (Å²) in [5.74, 6) is 3.86. The predicted molar refractivity (Wildman–Crippen MR) is 335 cm³/mol. The predicted octanol–water partition coefficient (Wildman–Crippen LogP) is 24.7. The van der Waals surface area contributed by atoms with Crippen LogP contribution in [0.25, 0.3) is 21.8 Å². The molecule has 71 heavy (non-hydrogen) atoms. The van der Waals surface area contributed by atoms with E-state index in [9.17, 15) is 0 Å². The molecule has 0 fully saturated rings. The first-order valence-electron chi connectivity index (χ1n) is 26.5. The van der Waals surface area contributed by atoms with Gasteiger partial charge in [0.05, 0.1) is 0 Å². The Morgan fingerprint density at radius 1 is 0.268 bits per heavy atom. The molecule has 0 atom stereocenters. The molecule has 8 rings (SSSR count). The Hall–Kier alpha value is -4.68. The molecule has 0 saturated heterocycles. The molecule has 5 heterocycles. The molecule has 0 aliphatic rings. The molecule has 0 N–H and O–H groups in total. The van der Waals surface area contributed by atoms with Crippen LogP contribution in [0.2, 0.25) is 0 Å². The second kappa shape index (κ2) is 54.6. The number of thiophene rings is 3. The van der Waals surface area contributed by atoms with Gasteiger partial charge in [-0.2, -0.15) is 11.3 Å². The highest BCUT2D eigenvalue weighted by molar-refractivity contribution is 7.15. The normalized spacial score (nSPS) is 8.28. The molecule has 0 radical (unpaired) electrons. The van der Waals surface area contributed by atoms with Gasteiger partial charge in [-0.3, -0.25) is 0 Å². The molecule has 2 nitrogen and oxygen atoms in total. The van der Waals surface area contributed by atoms with Crippen LogP contribution in [0.5, 0.6) is 0 Å². The minimum Gasteiger partial charge on any atom is -0.467 e. The second-order valence-electron chi connectivity index (χ2n) is 13.8. The largest absolute Gasteiger partial charge is 0.467 e. The molecule has 400 valence electrons. The summed E-state index contributed by atoms with van der Waals surface area (Å²) in [6.45, 7) is 56.9. The van der Waals surface area contributed by atoms with E-state index in [1.807, 2.05) is 178 Å². The molecule has 0 amide bonds. The summed E-state index contributed by atoms with van der Waals surface area (Å²) in [4.78, 5) is 5.53. The van der Waals surface area contributed by atoms with Crippen molar-refractivity contribution >= 4 is 34.0 Å². The molecule has 5 heteroatoms. The fourth-order valence-electron chi connectivity index (χ4n) is 4.79. The van der Waals surface area contributed by atoms with Crippen molar-refractivity contribution in [1.29, 1.82) is 0 Å². The fourth-order valence-corrected chi connectivity index (χ4v) is 7.29. The molecule has 0 aliphatic heterocycles. The van der Waals surface area contributed by atoms with Crippen LogP contribution in [0.4, 0.5) is 0 Å². The van der Waals surface area contributed by atoms with E-state index in [1.165, 1.54) is 58.5 Å². The van der Waals surface area contributed by atoms with E-state index in [0.717, 1.165) is 28.6 Å². The van der Waals surface area contributed by atoms with E-state index in [-0.39, 0.29) is 0 Å². The standard InChI is InChI=1S/C12H12O.C12H12S.C8H10.C6H8O.2C6H8S.8C2H6/c2*1-9-3-6-11(7-4-9)12-8-5-10(2)13-12;1-7-3-5-8(2)6-4-7;1-5-3-4-6(2)7-5;1-5-3-7-4-6(5)2;1-5-3-4-6(2)7-5;8*1-2/h2*3-8H,1-2H3;3-6H,1-2H3;3*3-4H,1-2H3;8*1-2H3. The molecule has 0 aliphatic carbocycles. The average molecular weight is 1030 g/mol. The Bertz CT molecular complexity index is 2030. The highest BCUT2D eigenvalue weighted by Gasteiger charge is 2.01. The highest BCUT2D eigenvalue weighted by atomic mass is 32.1. The summed E-state index contributed by atoms with van der Waals surface area (Å²) in [5, 5.41) is 4.32. The molecule has 0 saturated carbocycles. The maximum absolute atomic E-state index is 5.51. The van der Waals surface area contributed by atoms with Gasteiger partial charge in [0, 0.05) is 25.1 Å². The van der Waals surface area contributed by atoms with Gasteiger partial charge in [-0.05, 0) is 159 Å². The van der Waals surface area contributed by atoms with Gasteiger partial charge < -0.3 is 8.83 Å². The Labute approximate surface area is 453 Å². The number of aryl methyl sites for hydroxylation is 12. The maximum Gasteiger partial charge on any atom is 0.134 e. The summed E-state index contributed by atoms with van der Waals surface area (Å²) in [6, 6.07) is 42.0. The highest BCUT2D eigenvalue weighted by Crippen LogP contribution is 2.27. The van der Waals surface area contributed by atoms with Crippen molar-refractivity contribution in [3.8, 4) is 21.8 Å². The van der Waals surface area contributed by atoms with E-state index in [1.54, 1.807) is 11.3 Å². The second-order valence-corrected chi connectivity index (χ2v) is 17.3. The van der Waals surface area contributed by atoms with Crippen molar-refractivity contribution in [1.82, 2.24) is 0 Å². The van der Waals surface area contributed by atoms with Crippen LogP contribution in [-0.4, -0.2) is 0 Å². The molecule has 0 spiro atoms. The minimum absolute atomic E-state index is 0.942. The Kier molecular flexibility index (Phi) is 59.9. The number of benzene rings is 3. The van der Waals surface area contributed by atoms with Gasteiger partial charge >= 0.3 is 0 Å². The SMILES string of the molecule is CC.CC.CC.CC.CC.CC.CC.CC.Cc1ccc(-c2ccc(C)o2)cc1.Cc1ccc(-c2ccc(C)s2)cc1.Cc1ccc(C)cc1.Cc1ccc(C)o1.Cc1ccc(C)s1.Cc1cscc1C. The van der Waals surface area contributed by atoms with Crippen LogP contribution >= 0.6 is 34.0 Å². The van der Waals surface area contributed by atoms with E-state index in [0.29, 0.717) is 0 Å². The lowest BCUT2D eigenvalue weighted by Crippen LogP contribution is -1.74. The van der Waals surface area contributed by atoms with Crippen molar-refractivity contribution in [3.63, 3.8) is 0 Å². The van der Waals surface area contributed by atoms with E-state index >= 15 is 0 Å². The first kappa shape index (κ1) is 77.8. The molecular formula is C66H106O2S3. The lowest BCUT2D eigenvalue weighted by molar-refractivity contribution is 0.504. The number of hydrogen-bond donors (Lipinski definition) is 0. The topological polar surface area (TPSA) is 26.3 Å². The lowest BCUT2D eigenvalue weighted by Gasteiger charge is -1.97. The van der Waals surface area contributed by atoms with Gasteiger partial charge in [0.25, 0.3) is 0 Å². The van der Waals surface area contributed by atoms with E-state index < -0.39 is 0 Å². The molecule has 0 unspecified atom stereocenters. The van der Waals surface area contributed by atoms with Gasteiger partial charge in [-0.15, -0.1) is 22.7 Å². The number of rotatable bonds is 2. The summed E-state index contributed by atoms with van der Waals surface area (Å²) in [7, 11) is 0. The third-order valence-corrected chi connectivity index (χ3v) is 11.2. The summed E-state index contributed by atoms with van der Waals surface area (Å²) < 4.78 is 10.6. The summed E-state index contributed by atoms with van der Waals surface area (Å²) >= 11 is 5.46. The number of furan rings is 2. The monoisotopic (exact) mass is 1030 g/mol. The van der Waals surface area contributed by atoms with Gasteiger partial charge in [-0.1, -0.05) is 206 Å². The molecule has 8 aromatic rings. The molecule has 0 bridgehead atoms. The lowest BCUT2D eigenvalue weighted by atomic mass is 10.1. The van der Waals surface area contributed by atoms with Crippen molar-refractivity contribution in [2.75, 3.05) is 0 Å². The Balaban J connectivity index is -0.000000171. The number of hydrogen-bond acceptors (Lipinski definition) is 5. The van der Waals surface area contributed by atoms with Crippen LogP contribution in [0.15, 0.2) is 141 Å². The van der Waals surface area contributed by atoms with Crippen LogP contribution in [0.3, 0.4) is 0 Å². The zero-order chi connectivity index (χ0) is 56.3. The van der Waals surface area contributed by atoms with Crippen molar-refractivity contribution in [2.45, 2.75) is 194 Å². The van der Waals surface area contributed by atoms with Crippen molar-refractivity contribution < 1.29 is 8.83 Å². The van der Waals surface area contributed by atoms with Crippen LogP contribution in [0, 0.1) is 83.1 Å². The van der Waals surface area contributed by atoms with E-state index in [2.05, 4.69) is 170 Å². The third-order valence-electron chi connectivity index (χ3n) is 8.23. The van der Waals surface area contributed by atoms with Gasteiger partial charge in [0.15, 0.2) is 0 Å². The fraction of sp³-hybridized carbons (Fsp3) is 0.424. The van der Waals surface area contributed by atoms with Crippen LogP contribution in [-0.2, 0) is 0 Å².